The molecule has 0 spiro atoms. The quantitative estimate of drug-likeness (QED) is 0.169. The van der Waals surface area contributed by atoms with Crippen LogP contribution in [0.4, 0.5) is 13.2 Å². The van der Waals surface area contributed by atoms with Crippen LogP contribution in [0, 0.1) is 5.92 Å². The van der Waals surface area contributed by atoms with Crippen LogP contribution >= 0.6 is 11.6 Å². The number of carbonyl (C=O) groups is 2. The smallest absolute Gasteiger partial charge is 0.405 e. The molecule has 316 valence electrons. The molecule has 4 aromatic rings. The van der Waals surface area contributed by atoms with Gasteiger partial charge in [0.15, 0.2) is 0 Å². The van der Waals surface area contributed by atoms with Gasteiger partial charge in [0.1, 0.15) is 36.8 Å². The molecule has 0 aliphatic carbocycles. The molecular formula is C43H51ClF3N7O5. The number of benzene rings is 2. The van der Waals surface area contributed by atoms with Crippen molar-refractivity contribution in [3.8, 4) is 11.4 Å². The van der Waals surface area contributed by atoms with Crippen molar-refractivity contribution in [2.24, 2.45) is 5.92 Å². The highest BCUT2D eigenvalue weighted by atomic mass is 35.5. The molecule has 3 aliphatic heterocycles. The lowest BCUT2D eigenvalue weighted by Crippen LogP contribution is -2.63. The molecular weight excluding hydrogens is 787 g/mol. The van der Waals surface area contributed by atoms with Crippen LogP contribution in [-0.2, 0) is 26.3 Å². The average Bonchev–Trinajstić information content (AvgIpc) is 3.81. The number of ether oxygens (including phenoxy) is 2. The first-order chi connectivity index (χ1) is 28.0. The van der Waals surface area contributed by atoms with Crippen LogP contribution in [0.3, 0.4) is 0 Å². The van der Waals surface area contributed by atoms with E-state index in [2.05, 4.69) is 10.3 Å². The van der Waals surface area contributed by atoms with Crippen LogP contribution in [0.1, 0.15) is 63.4 Å². The lowest BCUT2D eigenvalue weighted by atomic mass is 9.89. The summed E-state index contributed by atoms with van der Waals surface area (Å²) in [5.41, 5.74) is 1.50. The van der Waals surface area contributed by atoms with E-state index < -0.39 is 54.0 Å². The molecule has 2 fully saturated rings. The third-order valence-electron chi connectivity index (χ3n) is 11.7. The molecule has 2 amide bonds. The highest BCUT2D eigenvalue weighted by Crippen LogP contribution is 2.48. The number of pyridine rings is 1. The molecule has 0 unspecified atom stereocenters. The maximum absolute atomic E-state index is 14.9. The van der Waals surface area contributed by atoms with Gasteiger partial charge in [-0.2, -0.15) is 18.3 Å². The van der Waals surface area contributed by atoms with Crippen LogP contribution in [0.2, 0.25) is 5.02 Å². The molecule has 2 aromatic carbocycles. The minimum Gasteiger partial charge on any atom is -0.490 e. The number of fused-ring (bicyclic) bond motifs is 3. The highest BCUT2D eigenvalue weighted by molar-refractivity contribution is 6.30. The van der Waals surface area contributed by atoms with Gasteiger partial charge in [0.25, 0.3) is 0 Å². The minimum atomic E-state index is -4.61. The number of nitrogens with zero attached hydrogens (tertiary/aromatic N) is 6. The Balaban J connectivity index is 1.11. The van der Waals surface area contributed by atoms with Crippen LogP contribution < -0.4 is 10.1 Å². The molecule has 5 atom stereocenters. The SMILES string of the molecule is CC1(C)O[C@@H]2COc3ccccc3[C@@H]2N1C(=O)[C@H](CCc1ccccc1)C[C@H](O)CN1CCN(C(C)(C)c2ccn(-c3cncc(Cl)c3)n2)C[C@H]1C(=O)NCC(F)(F)F. The summed E-state index contributed by atoms with van der Waals surface area (Å²) in [6, 6.07) is 19.5. The Morgan fingerprint density at radius 1 is 1.05 bits per heavy atom. The zero-order chi connectivity index (χ0) is 42.1. The lowest BCUT2D eigenvalue weighted by molar-refractivity contribution is -0.153. The van der Waals surface area contributed by atoms with E-state index >= 15 is 0 Å². The van der Waals surface area contributed by atoms with E-state index in [4.69, 9.17) is 26.2 Å². The van der Waals surface area contributed by atoms with Gasteiger partial charge < -0.3 is 24.8 Å². The fourth-order valence-corrected chi connectivity index (χ4v) is 8.84. The summed E-state index contributed by atoms with van der Waals surface area (Å²) in [4.78, 5) is 38.2. The van der Waals surface area contributed by atoms with Crippen molar-refractivity contribution in [3.05, 3.63) is 107 Å². The van der Waals surface area contributed by atoms with Gasteiger partial charge in [-0.05, 0) is 70.7 Å². The third-order valence-corrected chi connectivity index (χ3v) is 11.9. The molecule has 0 radical (unpaired) electrons. The number of alkyl halides is 3. The standard InChI is InChI=1S/C43H51ClF3N7O5/c1-41(2,37-16-17-53(50-37)31-21-30(44)22-48-23-31)52-19-18-51(34(25-52)39(56)49-27-43(45,46)47)24-32(55)20-29(15-14-28-10-6-5-7-11-28)40(57)54-38-33-12-8-9-13-35(33)58-26-36(38)59-42(54,3)4/h5-13,16-17,21-23,29,32,34,36,38,55H,14-15,18-20,24-27H2,1-4H3,(H,49,56)/t29-,32+,34+,36-,38+/m1/s1. The molecule has 12 nitrogen and oxygen atoms in total. The van der Waals surface area contributed by atoms with E-state index in [-0.39, 0.29) is 44.7 Å². The van der Waals surface area contributed by atoms with Crippen LogP contribution in [0.25, 0.3) is 5.69 Å². The van der Waals surface area contributed by atoms with Gasteiger partial charge in [-0.15, -0.1) is 0 Å². The first-order valence-electron chi connectivity index (χ1n) is 20.0. The molecule has 0 saturated carbocycles. The summed E-state index contributed by atoms with van der Waals surface area (Å²) in [5, 5.41) is 19.1. The lowest BCUT2D eigenvalue weighted by Gasteiger charge is -2.47. The van der Waals surface area contributed by atoms with Gasteiger partial charge in [0, 0.05) is 50.1 Å². The first-order valence-corrected chi connectivity index (χ1v) is 20.3. The Bertz CT molecular complexity index is 2100. The predicted molar refractivity (Wildman–Crippen MR) is 215 cm³/mol. The number of aliphatic hydroxyl groups excluding tert-OH is 1. The van der Waals surface area contributed by atoms with Crippen LogP contribution in [0.5, 0.6) is 5.75 Å². The molecule has 16 heteroatoms. The number of nitrogens with one attached hydrogen (secondary N) is 1. The van der Waals surface area contributed by atoms with E-state index in [1.807, 2.05) is 93.3 Å². The number of hydrogen-bond acceptors (Lipinski definition) is 9. The van der Waals surface area contributed by atoms with Crippen molar-refractivity contribution in [2.45, 2.75) is 88.7 Å². The van der Waals surface area contributed by atoms with Gasteiger partial charge in [0.05, 0.1) is 40.3 Å². The normalized spacial score (nSPS) is 21.9. The Labute approximate surface area is 347 Å². The second-order valence-electron chi connectivity index (χ2n) is 16.6. The molecule has 3 aliphatic rings. The zero-order valence-corrected chi connectivity index (χ0v) is 34.4. The maximum atomic E-state index is 14.9. The van der Waals surface area contributed by atoms with Gasteiger partial charge in [-0.1, -0.05) is 60.1 Å². The van der Waals surface area contributed by atoms with Gasteiger partial charge in [-0.25, -0.2) is 4.68 Å². The summed E-state index contributed by atoms with van der Waals surface area (Å²) in [5.74, 6) is -0.933. The molecule has 59 heavy (non-hydrogen) atoms. The number of aromatic nitrogens is 3. The fraction of sp³-hybridized carbons (Fsp3) is 0.488. The van der Waals surface area contributed by atoms with Crippen molar-refractivity contribution in [1.82, 2.24) is 34.8 Å². The van der Waals surface area contributed by atoms with Crippen molar-refractivity contribution in [1.29, 1.82) is 0 Å². The van der Waals surface area contributed by atoms with Crippen molar-refractivity contribution in [2.75, 3.05) is 39.3 Å². The molecule has 7 rings (SSSR count). The Kier molecular flexibility index (Phi) is 12.4. The van der Waals surface area contributed by atoms with Gasteiger partial charge >= 0.3 is 6.18 Å². The average molecular weight is 838 g/mol. The Hall–Kier alpha value is -4.54. The maximum Gasteiger partial charge on any atom is 0.405 e. The van der Waals surface area contributed by atoms with Crippen molar-refractivity contribution < 1.29 is 37.3 Å². The number of carbonyl (C=O) groups excluding carboxylic acids is 2. The van der Waals surface area contributed by atoms with E-state index in [1.54, 1.807) is 32.9 Å². The molecule has 5 heterocycles. The van der Waals surface area contributed by atoms with E-state index in [9.17, 15) is 27.9 Å². The Morgan fingerprint density at radius 2 is 1.80 bits per heavy atom. The number of hydrogen-bond donors (Lipinski definition) is 2. The largest absolute Gasteiger partial charge is 0.490 e. The van der Waals surface area contributed by atoms with E-state index in [0.29, 0.717) is 41.5 Å². The monoisotopic (exact) mass is 837 g/mol. The molecule has 2 N–H and O–H groups in total. The molecule has 2 saturated heterocycles. The first kappa shape index (κ1) is 42.6. The van der Waals surface area contributed by atoms with Gasteiger partial charge in [-0.3, -0.25) is 24.4 Å². The summed E-state index contributed by atoms with van der Waals surface area (Å²) in [7, 11) is 0. The number of amides is 2. The summed E-state index contributed by atoms with van der Waals surface area (Å²) in [6.07, 6.45) is -0.106. The van der Waals surface area contributed by atoms with Crippen molar-refractivity contribution >= 4 is 23.4 Å². The number of halogens is 4. The van der Waals surface area contributed by atoms with Crippen LogP contribution in [-0.4, -0.2) is 116 Å². The number of aryl methyl sites for hydroxylation is 1. The van der Waals surface area contributed by atoms with E-state index in [1.165, 1.54) is 6.20 Å². The summed E-state index contributed by atoms with van der Waals surface area (Å²) < 4.78 is 54.2. The molecule has 0 bridgehead atoms. The minimum absolute atomic E-state index is 0.0352. The zero-order valence-electron chi connectivity index (χ0n) is 33.6. The number of β-amino-alcohol motifs (C(OH)–C–C–N with tert-alkyl or cyclic N) is 1. The van der Waals surface area contributed by atoms with Gasteiger partial charge in [0.2, 0.25) is 11.8 Å². The molecule has 2 aromatic heterocycles. The summed E-state index contributed by atoms with van der Waals surface area (Å²) in [6.45, 7) is 7.13. The highest BCUT2D eigenvalue weighted by Gasteiger charge is 2.54. The van der Waals surface area contributed by atoms with Crippen molar-refractivity contribution in [3.63, 3.8) is 0 Å². The Morgan fingerprint density at radius 3 is 2.54 bits per heavy atom. The third kappa shape index (κ3) is 9.60. The number of para-hydroxylation sites is 1. The van der Waals surface area contributed by atoms with Crippen LogP contribution in [0.15, 0.2) is 85.3 Å². The number of piperazine rings is 1. The second-order valence-corrected chi connectivity index (χ2v) is 17.0. The number of rotatable bonds is 13. The summed E-state index contributed by atoms with van der Waals surface area (Å²) >= 11 is 6.16. The van der Waals surface area contributed by atoms with E-state index in [0.717, 1.165) is 11.1 Å². The number of aliphatic hydroxyl groups is 1. The fourth-order valence-electron chi connectivity index (χ4n) is 8.67. The predicted octanol–water partition coefficient (Wildman–Crippen LogP) is 5.92. The second kappa shape index (κ2) is 17.2. The topological polar surface area (TPSA) is 125 Å².